The van der Waals surface area contributed by atoms with Gasteiger partial charge in [0.25, 0.3) is 0 Å². The molecule has 1 aromatic heterocycles. The number of pyridine rings is 1. The first kappa shape index (κ1) is 14.5. The molecule has 0 saturated heterocycles. The Balaban J connectivity index is 2.92. The van der Waals surface area contributed by atoms with Crippen LogP contribution >= 0.6 is 0 Å². The molecule has 0 radical (unpaired) electrons. The molecule has 1 rings (SSSR count). The van der Waals surface area contributed by atoms with Crippen molar-refractivity contribution in [3.8, 4) is 11.5 Å². The first-order valence-corrected chi connectivity index (χ1v) is 9.55. The molecule has 3 nitrogen and oxygen atoms in total. The molecule has 0 aromatic carbocycles. The molecule has 0 unspecified atom stereocenters. The molecular weight excluding hydrogens is 242 g/mol. The van der Waals surface area contributed by atoms with Crippen LogP contribution < -0.4 is 0 Å². The Morgan fingerprint density at radius 1 is 1.44 bits per heavy atom. The van der Waals surface area contributed by atoms with Gasteiger partial charge in [-0.05, 0) is 18.6 Å². The summed E-state index contributed by atoms with van der Waals surface area (Å²) in [4.78, 5) is 15.7. The van der Waals surface area contributed by atoms with Crippen molar-refractivity contribution in [1.82, 2.24) is 4.98 Å². The van der Waals surface area contributed by atoms with Crippen LogP contribution in [0.25, 0.3) is 0 Å². The number of rotatable bonds is 3. The van der Waals surface area contributed by atoms with Crippen LogP contribution in [0.1, 0.15) is 18.2 Å². The molecule has 0 spiro atoms. The number of hydrogen-bond acceptors (Lipinski definition) is 3. The van der Waals surface area contributed by atoms with Crippen molar-refractivity contribution in [2.45, 2.75) is 33.0 Å². The van der Waals surface area contributed by atoms with Crippen molar-refractivity contribution >= 4 is 14.0 Å². The van der Waals surface area contributed by atoms with Gasteiger partial charge in [-0.1, -0.05) is 31.6 Å². The van der Waals surface area contributed by atoms with Gasteiger partial charge in [0.05, 0.1) is 13.0 Å². The van der Waals surface area contributed by atoms with Crippen molar-refractivity contribution in [3.63, 3.8) is 0 Å². The summed E-state index contributed by atoms with van der Waals surface area (Å²) in [6, 6.07) is 3.69. The van der Waals surface area contributed by atoms with Crippen LogP contribution in [0.4, 0.5) is 0 Å². The largest absolute Gasteiger partial charge is 0.466 e. The van der Waals surface area contributed by atoms with Crippen LogP contribution in [-0.2, 0) is 16.0 Å². The van der Waals surface area contributed by atoms with Crippen LogP contribution in [0.3, 0.4) is 0 Å². The van der Waals surface area contributed by atoms with Gasteiger partial charge in [0, 0.05) is 6.20 Å². The number of carbonyl (C=O) groups is 1. The first-order chi connectivity index (χ1) is 8.42. The van der Waals surface area contributed by atoms with Gasteiger partial charge in [0.15, 0.2) is 0 Å². The second-order valence-corrected chi connectivity index (χ2v) is 9.74. The fraction of sp³-hybridized carbons (Fsp3) is 0.429. The Morgan fingerprint density at radius 2 is 2.17 bits per heavy atom. The standard InChI is InChI=1S/C14H19NO2Si/c1-5-17-14(16)11-12-7-6-9-15-13(12)8-10-18(2,3)4/h6-7,9H,5,11H2,1-4H3. The molecule has 1 aromatic rings. The Labute approximate surface area is 110 Å². The molecule has 4 heteroatoms. The van der Waals surface area contributed by atoms with Gasteiger partial charge in [-0.3, -0.25) is 4.79 Å². The minimum atomic E-state index is -1.44. The van der Waals surface area contributed by atoms with E-state index in [4.69, 9.17) is 4.74 Å². The third-order valence-corrected chi connectivity index (χ3v) is 2.96. The predicted molar refractivity (Wildman–Crippen MR) is 74.8 cm³/mol. The Hall–Kier alpha value is -1.60. The third kappa shape index (κ3) is 5.15. The zero-order valence-corrected chi connectivity index (χ0v) is 12.4. The van der Waals surface area contributed by atoms with E-state index in [0.29, 0.717) is 12.3 Å². The van der Waals surface area contributed by atoms with E-state index in [0.717, 1.165) is 5.56 Å². The number of hydrogen-bond donors (Lipinski definition) is 0. The number of nitrogens with zero attached hydrogens (tertiary/aromatic N) is 1. The molecule has 0 aliphatic carbocycles. The SMILES string of the molecule is CCOC(=O)Cc1cccnc1C#C[Si](C)(C)C. The zero-order valence-electron chi connectivity index (χ0n) is 11.4. The maximum absolute atomic E-state index is 11.5. The highest BCUT2D eigenvalue weighted by molar-refractivity contribution is 6.83. The summed E-state index contributed by atoms with van der Waals surface area (Å²) >= 11 is 0. The highest BCUT2D eigenvalue weighted by atomic mass is 28.3. The van der Waals surface area contributed by atoms with Gasteiger partial charge in [0.2, 0.25) is 0 Å². The van der Waals surface area contributed by atoms with Crippen LogP contribution in [0.2, 0.25) is 19.6 Å². The molecule has 0 N–H and O–H groups in total. The topological polar surface area (TPSA) is 39.2 Å². The molecule has 0 atom stereocenters. The molecule has 0 fully saturated rings. The molecule has 0 aliphatic rings. The summed E-state index contributed by atoms with van der Waals surface area (Å²) in [5, 5.41) is 0. The van der Waals surface area contributed by atoms with Crippen LogP contribution in [0, 0.1) is 11.5 Å². The summed E-state index contributed by atoms with van der Waals surface area (Å²) in [5.41, 5.74) is 4.78. The summed E-state index contributed by atoms with van der Waals surface area (Å²) in [6.45, 7) is 8.72. The molecule has 0 amide bonds. The van der Waals surface area contributed by atoms with E-state index < -0.39 is 8.07 Å². The quantitative estimate of drug-likeness (QED) is 0.476. The van der Waals surface area contributed by atoms with Crippen molar-refractivity contribution in [1.29, 1.82) is 0 Å². The van der Waals surface area contributed by atoms with E-state index in [2.05, 4.69) is 36.1 Å². The summed E-state index contributed by atoms with van der Waals surface area (Å²) < 4.78 is 4.94. The monoisotopic (exact) mass is 261 g/mol. The van der Waals surface area contributed by atoms with E-state index in [1.807, 2.05) is 12.1 Å². The Kier molecular flexibility index (Phi) is 5.11. The second-order valence-electron chi connectivity index (χ2n) is 4.99. The van der Waals surface area contributed by atoms with E-state index in [1.54, 1.807) is 13.1 Å². The highest BCUT2D eigenvalue weighted by Crippen LogP contribution is 2.07. The predicted octanol–water partition coefficient (Wildman–Crippen LogP) is 2.42. The normalized spacial score (nSPS) is 10.4. The smallest absolute Gasteiger partial charge is 0.310 e. The fourth-order valence-corrected chi connectivity index (χ4v) is 1.80. The molecule has 1 heterocycles. The molecule has 18 heavy (non-hydrogen) atoms. The van der Waals surface area contributed by atoms with Gasteiger partial charge in [-0.25, -0.2) is 4.98 Å². The van der Waals surface area contributed by atoms with Crippen LogP contribution in [0.15, 0.2) is 18.3 Å². The van der Waals surface area contributed by atoms with E-state index in [1.165, 1.54) is 0 Å². The lowest BCUT2D eigenvalue weighted by molar-refractivity contribution is -0.142. The maximum atomic E-state index is 11.5. The number of aromatic nitrogens is 1. The minimum Gasteiger partial charge on any atom is -0.466 e. The maximum Gasteiger partial charge on any atom is 0.310 e. The number of esters is 1. The lowest BCUT2D eigenvalue weighted by Gasteiger charge is -2.05. The summed E-state index contributed by atoms with van der Waals surface area (Å²) in [6.07, 6.45) is 1.93. The zero-order chi connectivity index (χ0) is 13.6. The van der Waals surface area contributed by atoms with Crippen molar-refractivity contribution in [3.05, 3.63) is 29.6 Å². The van der Waals surface area contributed by atoms with E-state index >= 15 is 0 Å². The molecule has 0 bridgehead atoms. The lowest BCUT2D eigenvalue weighted by atomic mass is 10.1. The average Bonchev–Trinajstić information content (AvgIpc) is 2.27. The Bertz CT molecular complexity index is 481. The second kappa shape index (κ2) is 6.36. The van der Waals surface area contributed by atoms with Gasteiger partial charge >= 0.3 is 5.97 Å². The van der Waals surface area contributed by atoms with Crippen molar-refractivity contribution in [2.24, 2.45) is 0 Å². The minimum absolute atomic E-state index is 0.234. The number of carbonyl (C=O) groups excluding carboxylic acids is 1. The summed E-state index contributed by atoms with van der Waals surface area (Å²) in [7, 11) is -1.44. The molecule has 96 valence electrons. The van der Waals surface area contributed by atoms with Gasteiger partial charge in [-0.15, -0.1) is 5.54 Å². The molecular formula is C14H19NO2Si. The van der Waals surface area contributed by atoms with Crippen LogP contribution in [-0.4, -0.2) is 25.6 Å². The van der Waals surface area contributed by atoms with Crippen molar-refractivity contribution in [2.75, 3.05) is 6.61 Å². The average molecular weight is 261 g/mol. The molecule has 0 aliphatic heterocycles. The van der Waals surface area contributed by atoms with Crippen LogP contribution in [0.5, 0.6) is 0 Å². The van der Waals surface area contributed by atoms with E-state index in [9.17, 15) is 4.79 Å². The van der Waals surface area contributed by atoms with Gasteiger partial charge in [0.1, 0.15) is 13.8 Å². The highest BCUT2D eigenvalue weighted by Gasteiger charge is 2.10. The third-order valence-electron chi connectivity index (χ3n) is 2.09. The fourth-order valence-electron chi connectivity index (χ4n) is 1.31. The van der Waals surface area contributed by atoms with E-state index in [-0.39, 0.29) is 12.4 Å². The van der Waals surface area contributed by atoms with Crippen molar-refractivity contribution < 1.29 is 9.53 Å². The van der Waals surface area contributed by atoms with Gasteiger partial charge in [-0.2, -0.15) is 0 Å². The summed E-state index contributed by atoms with van der Waals surface area (Å²) in [5.74, 6) is 2.86. The first-order valence-electron chi connectivity index (χ1n) is 6.05. The number of ether oxygens (including phenoxy) is 1. The molecule has 0 saturated carbocycles. The van der Waals surface area contributed by atoms with Gasteiger partial charge < -0.3 is 4.74 Å². The lowest BCUT2D eigenvalue weighted by Crippen LogP contribution is -2.16. The Morgan fingerprint density at radius 3 is 2.78 bits per heavy atom.